The molecule has 0 heterocycles. The van der Waals surface area contributed by atoms with Crippen LogP contribution in [0.3, 0.4) is 0 Å². The summed E-state index contributed by atoms with van der Waals surface area (Å²) in [6.07, 6.45) is 4.37. The Morgan fingerprint density at radius 3 is 2.33 bits per heavy atom. The lowest BCUT2D eigenvalue weighted by atomic mass is 9.95. The minimum absolute atomic E-state index is 0.276. The molecule has 2 heteroatoms. The Morgan fingerprint density at radius 2 is 1.83 bits per heavy atom. The smallest absolute Gasteiger partial charge is 0.0162 e. The van der Waals surface area contributed by atoms with Crippen LogP contribution in [0.15, 0.2) is 11.6 Å². The number of allylic oxidation sites excluding steroid dienone is 1. The molecule has 0 aromatic carbocycles. The van der Waals surface area contributed by atoms with E-state index in [1.54, 1.807) is 0 Å². The normalized spacial score (nSPS) is 15.8. The highest BCUT2D eigenvalue weighted by Gasteiger charge is 2.08. The zero-order chi connectivity index (χ0) is 14.1. The highest BCUT2D eigenvalue weighted by Crippen LogP contribution is 2.11. The molecule has 2 N–H and O–H groups in total. The SMILES string of the molecule is CCC(C)CNC/C(C)=C/C(C)C(=N)CC(C)C. The van der Waals surface area contributed by atoms with E-state index in [1.807, 2.05) is 0 Å². The Morgan fingerprint density at radius 1 is 1.22 bits per heavy atom. The molecule has 2 unspecified atom stereocenters. The molecule has 0 saturated carbocycles. The maximum atomic E-state index is 8.03. The first-order chi connectivity index (χ1) is 8.36. The van der Waals surface area contributed by atoms with Crippen LogP contribution in [0.4, 0.5) is 0 Å². The van der Waals surface area contributed by atoms with Gasteiger partial charge in [-0.3, -0.25) is 0 Å². The number of hydrogen-bond acceptors (Lipinski definition) is 2. The fraction of sp³-hybridized carbons (Fsp3) is 0.812. The molecule has 0 aromatic rings. The van der Waals surface area contributed by atoms with Crippen molar-refractivity contribution >= 4 is 5.71 Å². The summed E-state index contributed by atoms with van der Waals surface area (Å²) in [5.74, 6) is 1.60. The van der Waals surface area contributed by atoms with Gasteiger partial charge in [-0.15, -0.1) is 0 Å². The Labute approximate surface area is 114 Å². The van der Waals surface area contributed by atoms with Crippen molar-refractivity contribution in [3.05, 3.63) is 11.6 Å². The van der Waals surface area contributed by atoms with Gasteiger partial charge in [-0.1, -0.05) is 52.7 Å². The molecule has 0 saturated heterocycles. The molecule has 2 atom stereocenters. The monoisotopic (exact) mass is 252 g/mol. The summed E-state index contributed by atoms with van der Waals surface area (Å²) in [7, 11) is 0. The van der Waals surface area contributed by atoms with E-state index in [0.29, 0.717) is 5.92 Å². The first-order valence-electron chi connectivity index (χ1n) is 7.32. The number of nitrogens with one attached hydrogen (secondary N) is 2. The third-order valence-corrected chi connectivity index (χ3v) is 3.31. The molecule has 0 fully saturated rings. The van der Waals surface area contributed by atoms with Crippen LogP contribution >= 0.6 is 0 Å². The van der Waals surface area contributed by atoms with Crippen LogP contribution in [-0.2, 0) is 0 Å². The maximum absolute atomic E-state index is 8.03. The van der Waals surface area contributed by atoms with E-state index in [4.69, 9.17) is 5.41 Å². The van der Waals surface area contributed by atoms with E-state index in [0.717, 1.165) is 31.1 Å². The Bertz CT molecular complexity index is 266. The van der Waals surface area contributed by atoms with Gasteiger partial charge in [-0.25, -0.2) is 0 Å². The fourth-order valence-electron chi connectivity index (χ4n) is 1.87. The molecule has 0 radical (unpaired) electrons. The summed E-state index contributed by atoms with van der Waals surface area (Å²) in [6, 6.07) is 0. The van der Waals surface area contributed by atoms with E-state index < -0.39 is 0 Å². The number of rotatable bonds is 9. The van der Waals surface area contributed by atoms with Crippen molar-refractivity contribution in [2.45, 2.75) is 54.4 Å². The van der Waals surface area contributed by atoms with Crippen LogP contribution in [0.25, 0.3) is 0 Å². The molecular weight excluding hydrogens is 220 g/mol. The lowest BCUT2D eigenvalue weighted by molar-refractivity contribution is 0.513. The lowest BCUT2D eigenvalue weighted by Gasteiger charge is -2.14. The van der Waals surface area contributed by atoms with Gasteiger partial charge in [0.05, 0.1) is 0 Å². The molecular formula is C16H32N2. The van der Waals surface area contributed by atoms with Crippen LogP contribution in [0.5, 0.6) is 0 Å². The van der Waals surface area contributed by atoms with Crippen LogP contribution in [0.2, 0.25) is 0 Å². The van der Waals surface area contributed by atoms with E-state index >= 15 is 0 Å². The van der Waals surface area contributed by atoms with E-state index in [1.165, 1.54) is 12.0 Å². The van der Waals surface area contributed by atoms with Crippen LogP contribution < -0.4 is 5.32 Å². The summed E-state index contributed by atoms with van der Waals surface area (Å²) in [4.78, 5) is 0. The highest BCUT2D eigenvalue weighted by molar-refractivity contribution is 5.85. The molecule has 0 aliphatic heterocycles. The number of hydrogen-bond donors (Lipinski definition) is 2. The first-order valence-corrected chi connectivity index (χ1v) is 7.32. The average molecular weight is 252 g/mol. The van der Waals surface area contributed by atoms with Crippen molar-refractivity contribution in [1.82, 2.24) is 5.32 Å². The van der Waals surface area contributed by atoms with Crippen LogP contribution in [0, 0.1) is 23.2 Å². The van der Waals surface area contributed by atoms with Gasteiger partial charge in [0.1, 0.15) is 0 Å². The van der Waals surface area contributed by atoms with Crippen molar-refractivity contribution in [3.8, 4) is 0 Å². The van der Waals surface area contributed by atoms with Crippen LogP contribution in [0.1, 0.15) is 54.4 Å². The summed E-state index contributed by atoms with van der Waals surface area (Å²) in [6.45, 7) is 15.2. The first kappa shape index (κ1) is 17.4. The molecule has 18 heavy (non-hydrogen) atoms. The third kappa shape index (κ3) is 8.46. The summed E-state index contributed by atoms with van der Waals surface area (Å²) in [5.41, 5.74) is 2.20. The Balaban J connectivity index is 4.04. The quantitative estimate of drug-likeness (QED) is 0.466. The summed E-state index contributed by atoms with van der Waals surface area (Å²) < 4.78 is 0. The predicted molar refractivity (Wildman–Crippen MR) is 82.4 cm³/mol. The van der Waals surface area contributed by atoms with Gasteiger partial charge < -0.3 is 10.7 Å². The Kier molecular flexibility index (Phi) is 8.99. The van der Waals surface area contributed by atoms with Gasteiger partial charge in [0.25, 0.3) is 0 Å². The summed E-state index contributed by atoms with van der Waals surface area (Å²) in [5, 5.41) is 11.5. The van der Waals surface area contributed by atoms with Crippen molar-refractivity contribution in [3.63, 3.8) is 0 Å². The van der Waals surface area contributed by atoms with Crippen molar-refractivity contribution < 1.29 is 0 Å². The van der Waals surface area contributed by atoms with Crippen LogP contribution in [-0.4, -0.2) is 18.8 Å². The molecule has 0 aliphatic carbocycles. The topological polar surface area (TPSA) is 35.9 Å². The molecule has 0 aliphatic rings. The third-order valence-electron chi connectivity index (χ3n) is 3.31. The zero-order valence-corrected chi connectivity index (χ0v) is 13.1. The second-order valence-electron chi connectivity index (χ2n) is 6.07. The van der Waals surface area contributed by atoms with Crippen molar-refractivity contribution in [2.75, 3.05) is 13.1 Å². The van der Waals surface area contributed by atoms with E-state index in [2.05, 4.69) is 52.9 Å². The second kappa shape index (κ2) is 9.32. The zero-order valence-electron chi connectivity index (χ0n) is 13.1. The van der Waals surface area contributed by atoms with Gasteiger partial charge in [-0.05, 0) is 31.7 Å². The second-order valence-corrected chi connectivity index (χ2v) is 6.07. The van der Waals surface area contributed by atoms with Gasteiger partial charge in [0, 0.05) is 18.2 Å². The molecule has 0 spiro atoms. The van der Waals surface area contributed by atoms with Gasteiger partial charge in [0.2, 0.25) is 0 Å². The van der Waals surface area contributed by atoms with E-state index in [-0.39, 0.29) is 5.92 Å². The lowest BCUT2D eigenvalue weighted by Crippen LogP contribution is -2.23. The fourth-order valence-corrected chi connectivity index (χ4v) is 1.87. The largest absolute Gasteiger partial charge is 0.313 e. The average Bonchev–Trinajstić information content (AvgIpc) is 2.27. The summed E-state index contributed by atoms with van der Waals surface area (Å²) >= 11 is 0. The standard InChI is InChI=1S/C16H32N2/c1-7-13(4)10-18-11-14(5)9-15(6)16(17)8-12(2)3/h9,12-13,15,17-18H,7-8,10-11H2,1-6H3/b14-9+,17-16?. The molecule has 0 bridgehead atoms. The van der Waals surface area contributed by atoms with E-state index in [9.17, 15) is 0 Å². The van der Waals surface area contributed by atoms with Crippen molar-refractivity contribution in [2.24, 2.45) is 17.8 Å². The van der Waals surface area contributed by atoms with Gasteiger partial charge in [-0.2, -0.15) is 0 Å². The maximum Gasteiger partial charge on any atom is 0.0162 e. The molecule has 0 rings (SSSR count). The Hall–Kier alpha value is -0.630. The molecule has 0 amide bonds. The molecule has 106 valence electrons. The highest BCUT2D eigenvalue weighted by atomic mass is 14.9. The molecule has 2 nitrogen and oxygen atoms in total. The van der Waals surface area contributed by atoms with Crippen molar-refractivity contribution in [1.29, 1.82) is 5.41 Å². The predicted octanol–water partition coefficient (Wildman–Crippen LogP) is 4.27. The van der Waals surface area contributed by atoms with Gasteiger partial charge >= 0.3 is 0 Å². The van der Waals surface area contributed by atoms with Gasteiger partial charge in [0.15, 0.2) is 0 Å². The molecule has 0 aromatic heterocycles. The minimum Gasteiger partial charge on any atom is -0.313 e. The minimum atomic E-state index is 0.276.